The van der Waals surface area contributed by atoms with Crippen LogP contribution in [0.1, 0.15) is 5.56 Å². The maximum absolute atomic E-state index is 11.5. The van der Waals surface area contributed by atoms with E-state index in [1.807, 2.05) is 42.5 Å². The van der Waals surface area contributed by atoms with Gasteiger partial charge in [-0.05, 0) is 33.6 Å². The van der Waals surface area contributed by atoms with Crippen molar-refractivity contribution in [2.75, 3.05) is 5.32 Å². The number of hydrogen-bond donors (Lipinski definition) is 1. The van der Waals surface area contributed by atoms with Crippen molar-refractivity contribution in [2.45, 2.75) is 6.61 Å². The summed E-state index contributed by atoms with van der Waals surface area (Å²) in [6.07, 6.45) is -0.441. The normalized spacial score (nSPS) is 9.94. The zero-order chi connectivity index (χ0) is 12.1. The van der Waals surface area contributed by atoms with Crippen LogP contribution in [0.5, 0.6) is 0 Å². The number of ether oxygens (including phenoxy) is 1. The lowest BCUT2D eigenvalue weighted by Crippen LogP contribution is -2.12. The Bertz CT molecular complexity index is 498. The minimum atomic E-state index is -0.441. The van der Waals surface area contributed by atoms with Crippen molar-refractivity contribution in [1.29, 1.82) is 0 Å². The molecule has 2 aromatic rings. The standard InChI is InChI=1S/C12H10BrNO2S/c13-10-6-7-11(17-10)14-12(15)16-8-9-4-2-1-3-5-9/h1-7H,8H2,(H,14,15). The van der Waals surface area contributed by atoms with Crippen LogP contribution in [0.15, 0.2) is 46.3 Å². The van der Waals surface area contributed by atoms with Crippen LogP contribution in [-0.2, 0) is 11.3 Å². The van der Waals surface area contributed by atoms with Gasteiger partial charge in [0.05, 0.1) is 8.79 Å². The quantitative estimate of drug-likeness (QED) is 0.919. The highest BCUT2D eigenvalue weighted by Crippen LogP contribution is 2.26. The predicted molar refractivity (Wildman–Crippen MR) is 72.3 cm³/mol. The average molecular weight is 312 g/mol. The van der Waals surface area contributed by atoms with Gasteiger partial charge in [0.1, 0.15) is 6.61 Å². The molecule has 0 radical (unpaired) electrons. The van der Waals surface area contributed by atoms with Crippen LogP contribution < -0.4 is 5.32 Å². The predicted octanol–water partition coefficient (Wildman–Crippen LogP) is 4.26. The number of anilines is 1. The summed E-state index contributed by atoms with van der Waals surface area (Å²) in [5.41, 5.74) is 0.968. The van der Waals surface area contributed by atoms with Gasteiger partial charge in [0.15, 0.2) is 0 Å². The first kappa shape index (κ1) is 12.1. The number of carbonyl (C=O) groups is 1. The highest BCUT2D eigenvalue weighted by molar-refractivity contribution is 9.11. The van der Waals surface area contributed by atoms with E-state index in [2.05, 4.69) is 21.2 Å². The van der Waals surface area contributed by atoms with Crippen molar-refractivity contribution in [3.63, 3.8) is 0 Å². The molecule has 0 fully saturated rings. The third-order valence-electron chi connectivity index (χ3n) is 2.01. The lowest BCUT2D eigenvalue weighted by molar-refractivity contribution is 0.155. The molecule has 0 aliphatic carbocycles. The van der Waals surface area contributed by atoms with Crippen molar-refractivity contribution in [3.8, 4) is 0 Å². The van der Waals surface area contributed by atoms with Gasteiger partial charge in [-0.1, -0.05) is 30.3 Å². The fraction of sp³-hybridized carbons (Fsp3) is 0.0833. The first-order valence-electron chi connectivity index (χ1n) is 4.97. The van der Waals surface area contributed by atoms with Gasteiger partial charge in [-0.2, -0.15) is 0 Å². The molecule has 17 heavy (non-hydrogen) atoms. The molecule has 1 N–H and O–H groups in total. The van der Waals surface area contributed by atoms with Gasteiger partial charge in [-0.25, -0.2) is 4.79 Å². The van der Waals surface area contributed by atoms with Crippen molar-refractivity contribution < 1.29 is 9.53 Å². The fourth-order valence-electron chi connectivity index (χ4n) is 1.24. The van der Waals surface area contributed by atoms with E-state index in [1.54, 1.807) is 0 Å². The van der Waals surface area contributed by atoms with Crippen LogP contribution in [0.4, 0.5) is 9.80 Å². The molecule has 2 rings (SSSR count). The largest absolute Gasteiger partial charge is 0.444 e. The number of nitrogens with one attached hydrogen (secondary N) is 1. The van der Waals surface area contributed by atoms with Gasteiger partial charge < -0.3 is 4.74 Å². The number of carbonyl (C=O) groups excluding carboxylic acids is 1. The van der Waals surface area contributed by atoms with Crippen LogP contribution >= 0.6 is 27.3 Å². The number of thiophene rings is 1. The van der Waals surface area contributed by atoms with Crippen LogP contribution in [-0.4, -0.2) is 6.09 Å². The number of rotatable bonds is 3. The molecule has 0 bridgehead atoms. The monoisotopic (exact) mass is 311 g/mol. The third kappa shape index (κ3) is 3.87. The lowest BCUT2D eigenvalue weighted by atomic mass is 10.2. The van der Waals surface area contributed by atoms with Crippen LogP contribution in [0.3, 0.4) is 0 Å². The third-order valence-corrected chi connectivity index (χ3v) is 3.55. The number of hydrogen-bond acceptors (Lipinski definition) is 3. The molecule has 0 saturated heterocycles. The van der Waals surface area contributed by atoms with E-state index in [0.29, 0.717) is 0 Å². The SMILES string of the molecule is O=C(Nc1ccc(Br)s1)OCc1ccccc1. The Hall–Kier alpha value is -1.33. The van der Waals surface area contributed by atoms with Crippen molar-refractivity contribution in [3.05, 3.63) is 51.8 Å². The Morgan fingerprint density at radius 1 is 1.24 bits per heavy atom. The van der Waals surface area contributed by atoms with Gasteiger partial charge in [0.2, 0.25) is 0 Å². The smallest absolute Gasteiger partial charge is 0.412 e. The summed E-state index contributed by atoms with van der Waals surface area (Å²) in [4.78, 5) is 11.5. The van der Waals surface area contributed by atoms with E-state index in [4.69, 9.17) is 4.74 Å². The molecule has 0 unspecified atom stereocenters. The van der Waals surface area contributed by atoms with Crippen molar-refractivity contribution in [1.82, 2.24) is 0 Å². The number of amides is 1. The van der Waals surface area contributed by atoms with Crippen LogP contribution in [0, 0.1) is 0 Å². The lowest BCUT2D eigenvalue weighted by Gasteiger charge is -2.04. The topological polar surface area (TPSA) is 38.3 Å². The molecule has 0 atom stereocenters. The van der Waals surface area contributed by atoms with Crippen molar-refractivity contribution in [2.24, 2.45) is 0 Å². The summed E-state index contributed by atoms with van der Waals surface area (Å²) >= 11 is 4.77. The highest BCUT2D eigenvalue weighted by Gasteiger charge is 2.05. The molecule has 5 heteroatoms. The Kier molecular flexibility index (Phi) is 4.17. The van der Waals surface area contributed by atoms with Gasteiger partial charge >= 0.3 is 6.09 Å². The van der Waals surface area contributed by atoms with Gasteiger partial charge in [-0.15, -0.1) is 11.3 Å². The first-order valence-corrected chi connectivity index (χ1v) is 6.58. The van der Waals surface area contributed by atoms with Crippen LogP contribution in [0.25, 0.3) is 0 Å². The Morgan fingerprint density at radius 3 is 2.65 bits per heavy atom. The molecule has 1 aromatic heterocycles. The summed E-state index contributed by atoms with van der Waals surface area (Å²) in [6.45, 7) is 0.277. The first-order chi connectivity index (χ1) is 8.24. The molecule has 3 nitrogen and oxygen atoms in total. The minimum absolute atomic E-state index is 0.277. The molecule has 1 aromatic carbocycles. The number of benzene rings is 1. The van der Waals surface area contributed by atoms with Crippen LogP contribution in [0.2, 0.25) is 0 Å². The van der Waals surface area contributed by atoms with E-state index < -0.39 is 6.09 Å². The molecular formula is C12H10BrNO2S. The number of halogens is 1. The second kappa shape index (κ2) is 5.84. The second-order valence-corrected chi connectivity index (χ2v) is 5.75. The van der Waals surface area contributed by atoms with E-state index in [1.165, 1.54) is 11.3 Å². The molecule has 0 aliphatic heterocycles. The fourth-order valence-corrected chi connectivity index (χ4v) is 2.51. The Morgan fingerprint density at radius 2 is 2.00 bits per heavy atom. The molecule has 1 amide bonds. The van der Waals surface area contributed by atoms with Gasteiger partial charge in [-0.3, -0.25) is 5.32 Å². The summed E-state index contributed by atoms with van der Waals surface area (Å²) in [6, 6.07) is 13.3. The molecule has 0 aliphatic rings. The molecule has 0 spiro atoms. The zero-order valence-electron chi connectivity index (χ0n) is 8.85. The highest BCUT2D eigenvalue weighted by atomic mass is 79.9. The second-order valence-electron chi connectivity index (χ2n) is 3.29. The van der Waals surface area contributed by atoms with E-state index in [0.717, 1.165) is 14.4 Å². The maximum Gasteiger partial charge on any atom is 0.412 e. The molecule has 0 saturated carbocycles. The zero-order valence-corrected chi connectivity index (χ0v) is 11.3. The Balaban J connectivity index is 1.82. The van der Waals surface area contributed by atoms with Gasteiger partial charge in [0.25, 0.3) is 0 Å². The summed E-state index contributed by atoms with van der Waals surface area (Å²) in [5, 5.41) is 3.42. The van der Waals surface area contributed by atoms with Crippen molar-refractivity contribution >= 4 is 38.4 Å². The van der Waals surface area contributed by atoms with Gasteiger partial charge in [0, 0.05) is 0 Å². The van der Waals surface area contributed by atoms with E-state index >= 15 is 0 Å². The Labute approximate surface area is 112 Å². The maximum atomic E-state index is 11.5. The molecular weight excluding hydrogens is 302 g/mol. The molecule has 1 heterocycles. The summed E-state index contributed by atoms with van der Waals surface area (Å²) < 4.78 is 6.05. The van der Waals surface area contributed by atoms with E-state index in [-0.39, 0.29) is 6.61 Å². The summed E-state index contributed by atoms with van der Waals surface area (Å²) in [5.74, 6) is 0. The minimum Gasteiger partial charge on any atom is -0.444 e. The summed E-state index contributed by atoms with van der Waals surface area (Å²) in [7, 11) is 0. The average Bonchev–Trinajstić information content (AvgIpc) is 2.73. The molecule has 88 valence electrons. The van der Waals surface area contributed by atoms with E-state index in [9.17, 15) is 4.79 Å².